The predicted molar refractivity (Wildman–Crippen MR) is 30.0 cm³/mol. The molecule has 46 valence electrons. The zero-order valence-electron chi connectivity index (χ0n) is 4.52. The van der Waals surface area contributed by atoms with Crippen LogP contribution in [0.1, 0.15) is 13.3 Å². The number of hydrogen-bond donors (Lipinski definition) is 1. The molecule has 0 unspecified atom stereocenters. The molecule has 0 aromatic carbocycles. The quantitative estimate of drug-likeness (QED) is 0.545. The monoisotopic (exact) mass is 134 g/mol. The molecule has 0 amide bonds. The van der Waals surface area contributed by atoms with Gasteiger partial charge in [-0.3, -0.25) is 4.79 Å². The molecule has 3 heteroatoms. The Morgan fingerprint density at radius 2 is 2.38 bits per heavy atom. The molecule has 0 bridgehead atoms. The summed E-state index contributed by atoms with van der Waals surface area (Å²) in [5.41, 5.74) is -0.610. The molecule has 0 aliphatic heterocycles. The minimum absolute atomic E-state index is 0.139. The van der Waals surface area contributed by atoms with Gasteiger partial charge in [0.05, 0.1) is 10.8 Å². The van der Waals surface area contributed by atoms with Gasteiger partial charge in [0.1, 0.15) is 0 Å². The molecule has 2 atom stereocenters. The van der Waals surface area contributed by atoms with Gasteiger partial charge in [-0.15, -0.1) is 11.6 Å². The molecule has 0 spiro atoms. The van der Waals surface area contributed by atoms with E-state index in [0.29, 0.717) is 6.42 Å². The Morgan fingerprint density at radius 3 is 2.38 bits per heavy atom. The fourth-order valence-corrected chi connectivity index (χ4v) is 0.949. The summed E-state index contributed by atoms with van der Waals surface area (Å²) in [5.74, 6) is -0.780. The number of rotatable bonds is 1. The molecule has 1 rings (SSSR count). The molecule has 0 radical (unpaired) electrons. The van der Waals surface area contributed by atoms with Gasteiger partial charge in [-0.25, -0.2) is 0 Å². The fourth-order valence-electron chi connectivity index (χ4n) is 0.535. The molecule has 0 aromatic heterocycles. The third-order valence-corrected chi connectivity index (χ3v) is 2.26. The van der Waals surface area contributed by atoms with Crippen LogP contribution in [-0.4, -0.2) is 16.5 Å². The van der Waals surface area contributed by atoms with Gasteiger partial charge in [0.2, 0.25) is 0 Å². The molecule has 1 fully saturated rings. The maximum absolute atomic E-state index is 10.2. The van der Waals surface area contributed by atoms with Crippen LogP contribution in [0.5, 0.6) is 0 Å². The highest BCUT2D eigenvalue weighted by molar-refractivity contribution is 6.25. The van der Waals surface area contributed by atoms with Crippen LogP contribution in [-0.2, 0) is 4.79 Å². The maximum atomic E-state index is 10.2. The van der Waals surface area contributed by atoms with Crippen molar-refractivity contribution in [2.75, 3.05) is 0 Å². The maximum Gasteiger partial charge on any atom is 0.310 e. The first-order chi connectivity index (χ1) is 3.57. The molecule has 0 aromatic rings. The molecule has 1 saturated carbocycles. The summed E-state index contributed by atoms with van der Waals surface area (Å²) in [6.45, 7) is 1.66. The first-order valence-corrected chi connectivity index (χ1v) is 2.88. The number of halogens is 1. The van der Waals surface area contributed by atoms with Gasteiger partial charge >= 0.3 is 5.97 Å². The first kappa shape index (κ1) is 5.89. The van der Waals surface area contributed by atoms with Crippen molar-refractivity contribution in [3.05, 3.63) is 0 Å². The Labute approximate surface area is 52.5 Å². The van der Waals surface area contributed by atoms with E-state index >= 15 is 0 Å². The van der Waals surface area contributed by atoms with E-state index in [2.05, 4.69) is 0 Å². The molecule has 0 heterocycles. The normalized spacial score (nSPS) is 44.0. The second-order valence-corrected chi connectivity index (χ2v) is 2.92. The summed E-state index contributed by atoms with van der Waals surface area (Å²) in [7, 11) is 0. The number of aliphatic carboxylic acids is 1. The van der Waals surface area contributed by atoms with Gasteiger partial charge in [-0.1, -0.05) is 0 Å². The zero-order chi connectivity index (χ0) is 6.36. The lowest BCUT2D eigenvalue weighted by molar-refractivity contribution is -0.142. The first-order valence-electron chi connectivity index (χ1n) is 2.45. The minimum atomic E-state index is -0.780. The topological polar surface area (TPSA) is 37.3 Å². The molecular formula is C5H7ClO2. The molecule has 0 saturated heterocycles. The van der Waals surface area contributed by atoms with E-state index in [-0.39, 0.29) is 5.38 Å². The van der Waals surface area contributed by atoms with Crippen molar-refractivity contribution in [3.63, 3.8) is 0 Å². The summed E-state index contributed by atoms with van der Waals surface area (Å²) >= 11 is 5.51. The van der Waals surface area contributed by atoms with Crippen molar-refractivity contribution in [2.24, 2.45) is 5.41 Å². The van der Waals surface area contributed by atoms with Crippen LogP contribution >= 0.6 is 11.6 Å². The lowest BCUT2D eigenvalue weighted by Crippen LogP contribution is -2.12. The number of hydrogen-bond acceptors (Lipinski definition) is 1. The minimum Gasteiger partial charge on any atom is -0.481 e. The smallest absolute Gasteiger partial charge is 0.310 e. The van der Waals surface area contributed by atoms with Gasteiger partial charge in [0.25, 0.3) is 0 Å². The van der Waals surface area contributed by atoms with E-state index in [1.165, 1.54) is 0 Å². The highest BCUT2D eigenvalue weighted by Gasteiger charge is 2.55. The lowest BCUT2D eigenvalue weighted by atomic mass is 10.1. The Kier molecular flexibility index (Phi) is 1.01. The van der Waals surface area contributed by atoms with Crippen LogP contribution in [0, 0.1) is 5.41 Å². The fraction of sp³-hybridized carbons (Fsp3) is 0.800. The molecule has 1 aliphatic carbocycles. The van der Waals surface area contributed by atoms with Gasteiger partial charge in [0, 0.05) is 0 Å². The number of alkyl halides is 1. The number of carbonyl (C=O) groups is 1. The van der Waals surface area contributed by atoms with Gasteiger partial charge in [-0.2, -0.15) is 0 Å². The average Bonchev–Trinajstić information content (AvgIpc) is 2.17. The third kappa shape index (κ3) is 0.599. The largest absolute Gasteiger partial charge is 0.481 e. The lowest BCUT2D eigenvalue weighted by Gasteiger charge is -1.96. The van der Waals surface area contributed by atoms with Crippen molar-refractivity contribution in [1.82, 2.24) is 0 Å². The van der Waals surface area contributed by atoms with Crippen LogP contribution in [0.4, 0.5) is 0 Å². The Hall–Kier alpha value is -0.240. The highest BCUT2D eigenvalue weighted by Crippen LogP contribution is 2.49. The van der Waals surface area contributed by atoms with Crippen LogP contribution in [0.2, 0.25) is 0 Å². The average molecular weight is 135 g/mol. The Morgan fingerprint density at radius 1 is 2.00 bits per heavy atom. The van der Waals surface area contributed by atoms with E-state index in [1.54, 1.807) is 6.92 Å². The Balaban J connectivity index is 2.60. The summed E-state index contributed by atoms with van der Waals surface area (Å²) in [6, 6.07) is 0. The van der Waals surface area contributed by atoms with Crippen molar-refractivity contribution in [1.29, 1.82) is 0 Å². The SMILES string of the molecule is C[C@]1(C(=O)O)C[C@@H]1Cl. The number of carboxylic acid groups (broad SMARTS) is 1. The van der Waals surface area contributed by atoms with E-state index in [1.807, 2.05) is 0 Å². The van der Waals surface area contributed by atoms with Gasteiger partial charge in [0.15, 0.2) is 0 Å². The third-order valence-electron chi connectivity index (χ3n) is 1.62. The molecule has 1 N–H and O–H groups in total. The van der Waals surface area contributed by atoms with Crippen molar-refractivity contribution < 1.29 is 9.90 Å². The van der Waals surface area contributed by atoms with E-state index < -0.39 is 11.4 Å². The van der Waals surface area contributed by atoms with Crippen LogP contribution in [0.3, 0.4) is 0 Å². The predicted octanol–water partition coefficient (Wildman–Crippen LogP) is 1.09. The summed E-state index contributed by atoms with van der Waals surface area (Å²) < 4.78 is 0. The summed E-state index contributed by atoms with van der Waals surface area (Å²) in [5, 5.41) is 8.26. The van der Waals surface area contributed by atoms with Crippen LogP contribution < -0.4 is 0 Å². The standard InChI is InChI=1S/C5H7ClO2/c1-5(4(7)8)2-3(5)6/h3H,2H2,1H3,(H,7,8)/t3-,5-/m0/s1. The van der Waals surface area contributed by atoms with E-state index in [0.717, 1.165) is 0 Å². The second-order valence-electron chi connectivity index (χ2n) is 2.39. The van der Waals surface area contributed by atoms with Crippen LogP contribution in [0.25, 0.3) is 0 Å². The molecule has 8 heavy (non-hydrogen) atoms. The molecule has 2 nitrogen and oxygen atoms in total. The molecular weight excluding hydrogens is 128 g/mol. The molecule has 1 aliphatic rings. The van der Waals surface area contributed by atoms with Crippen molar-refractivity contribution >= 4 is 17.6 Å². The van der Waals surface area contributed by atoms with Crippen LogP contribution in [0.15, 0.2) is 0 Å². The zero-order valence-corrected chi connectivity index (χ0v) is 5.27. The van der Waals surface area contributed by atoms with E-state index in [9.17, 15) is 4.79 Å². The number of carboxylic acids is 1. The van der Waals surface area contributed by atoms with Crippen molar-refractivity contribution in [2.45, 2.75) is 18.7 Å². The Bertz CT molecular complexity index is 134. The highest BCUT2D eigenvalue weighted by atomic mass is 35.5. The second kappa shape index (κ2) is 1.38. The van der Waals surface area contributed by atoms with Crippen molar-refractivity contribution in [3.8, 4) is 0 Å². The van der Waals surface area contributed by atoms with Gasteiger partial charge in [-0.05, 0) is 13.3 Å². The summed E-state index contributed by atoms with van der Waals surface area (Å²) in [4.78, 5) is 10.2. The van der Waals surface area contributed by atoms with Gasteiger partial charge < -0.3 is 5.11 Å². The summed E-state index contributed by atoms with van der Waals surface area (Å²) in [6.07, 6.45) is 0.615. The van der Waals surface area contributed by atoms with E-state index in [4.69, 9.17) is 16.7 Å².